The first kappa shape index (κ1) is 11.6. The summed E-state index contributed by atoms with van der Waals surface area (Å²) in [5, 5.41) is 19.9. The van der Waals surface area contributed by atoms with E-state index in [9.17, 15) is 9.90 Å². The minimum absolute atomic E-state index is 0.108. The van der Waals surface area contributed by atoms with Gasteiger partial charge >= 0.3 is 5.97 Å². The maximum atomic E-state index is 10.2. The number of rotatable bonds is 6. The van der Waals surface area contributed by atoms with Crippen LogP contribution in [0.4, 0.5) is 0 Å². The lowest BCUT2D eigenvalue weighted by atomic mass is 10.2. The minimum atomic E-state index is -0.805. The van der Waals surface area contributed by atoms with Crippen molar-refractivity contribution in [2.45, 2.75) is 12.5 Å². The van der Waals surface area contributed by atoms with E-state index in [1.807, 2.05) is 17.5 Å². The lowest BCUT2D eigenvalue weighted by Crippen LogP contribution is -2.01. The zero-order valence-corrected chi connectivity index (χ0v) is 9.18. The molecule has 1 rings (SSSR count). The second kappa shape index (κ2) is 6.06. The summed E-state index contributed by atoms with van der Waals surface area (Å²) < 4.78 is 0. The maximum absolute atomic E-state index is 10.2. The highest BCUT2D eigenvalue weighted by Gasteiger charge is 2.08. The molecule has 0 spiro atoms. The standard InChI is InChI=1S/C9H12O3S2/c10-7(8-2-1-4-14-8)3-5-13-6-9(11)12/h1-2,4,7,10H,3,5-6H2,(H,11,12)/t7-/m1/s1. The predicted octanol–water partition coefficient (Wildman–Crippen LogP) is 1.99. The van der Waals surface area contributed by atoms with Crippen LogP contribution in [0.15, 0.2) is 17.5 Å². The molecule has 5 heteroatoms. The van der Waals surface area contributed by atoms with Gasteiger partial charge in [-0.05, 0) is 23.6 Å². The van der Waals surface area contributed by atoms with Gasteiger partial charge in [0.2, 0.25) is 0 Å². The molecule has 0 aliphatic heterocycles. The molecule has 0 amide bonds. The summed E-state index contributed by atoms with van der Waals surface area (Å²) in [6.07, 6.45) is 0.162. The van der Waals surface area contributed by atoms with Crippen molar-refractivity contribution in [2.24, 2.45) is 0 Å². The van der Waals surface area contributed by atoms with Crippen molar-refractivity contribution < 1.29 is 15.0 Å². The van der Waals surface area contributed by atoms with Crippen molar-refractivity contribution in [3.63, 3.8) is 0 Å². The largest absolute Gasteiger partial charge is 0.481 e. The molecule has 0 aliphatic carbocycles. The van der Waals surface area contributed by atoms with Crippen LogP contribution in [0, 0.1) is 0 Å². The Bertz CT molecular complexity index is 272. The molecule has 78 valence electrons. The monoisotopic (exact) mass is 232 g/mol. The lowest BCUT2D eigenvalue weighted by molar-refractivity contribution is -0.133. The van der Waals surface area contributed by atoms with E-state index >= 15 is 0 Å². The smallest absolute Gasteiger partial charge is 0.313 e. The van der Waals surface area contributed by atoms with Crippen LogP contribution in [0.1, 0.15) is 17.4 Å². The summed E-state index contributed by atoms with van der Waals surface area (Å²) in [5.41, 5.74) is 0. The molecule has 0 aliphatic rings. The van der Waals surface area contributed by atoms with Crippen LogP contribution in [0.3, 0.4) is 0 Å². The normalized spacial score (nSPS) is 12.6. The summed E-state index contributed by atoms with van der Waals surface area (Å²) in [4.78, 5) is 11.1. The van der Waals surface area contributed by atoms with E-state index < -0.39 is 12.1 Å². The van der Waals surface area contributed by atoms with Gasteiger partial charge in [-0.15, -0.1) is 11.3 Å². The average molecular weight is 232 g/mol. The fraction of sp³-hybridized carbons (Fsp3) is 0.444. The Morgan fingerprint density at radius 3 is 3.00 bits per heavy atom. The van der Waals surface area contributed by atoms with E-state index in [1.165, 1.54) is 23.1 Å². The number of thioether (sulfide) groups is 1. The van der Waals surface area contributed by atoms with Crippen LogP contribution in [0.2, 0.25) is 0 Å². The number of carboxylic acid groups (broad SMARTS) is 1. The minimum Gasteiger partial charge on any atom is -0.481 e. The third-order valence-electron chi connectivity index (χ3n) is 1.63. The van der Waals surface area contributed by atoms with E-state index in [4.69, 9.17) is 5.11 Å². The second-order valence-electron chi connectivity index (χ2n) is 2.77. The van der Waals surface area contributed by atoms with Gasteiger partial charge in [-0.2, -0.15) is 11.8 Å². The van der Waals surface area contributed by atoms with Gasteiger partial charge in [-0.3, -0.25) is 4.79 Å². The fourth-order valence-corrected chi connectivity index (χ4v) is 2.43. The lowest BCUT2D eigenvalue weighted by Gasteiger charge is -2.06. The summed E-state index contributed by atoms with van der Waals surface area (Å²) in [6.45, 7) is 0. The Kier molecular flexibility index (Phi) is 5.00. The number of hydrogen-bond acceptors (Lipinski definition) is 4. The molecule has 0 saturated heterocycles. The number of carbonyl (C=O) groups is 1. The van der Waals surface area contributed by atoms with Crippen molar-refractivity contribution in [1.29, 1.82) is 0 Å². The number of thiophene rings is 1. The third kappa shape index (κ3) is 4.13. The Balaban J connectivity index is 2.16. The molecule has 0 fully saturated rings. The van der Waals surface area contributed by atoms with Crippen molar-refractivity contribution in [3.05, 3.63) is 22.4 Å². The first-order valence-electron chi connectivity index (χ1n) is 4.21. The van der Waals surface area contributed by atoms with Gasteiger partial charge in [-0.1, -0.05) is 6.07 Å². The molecule has 0 radical (unpaired) electrons. The Hall–Kier alpha value is -0.520. The molecule has 0 unspecified atom stereocenters. The average Bonchev–Trinajstić information content (AvgIpc) is 2.64. The first-order valence-corrected chi connectivity index (χ1v) is 6.24. The first-order chi connectivity index (χ1) is 6.70. The summed E-state index contributed by atoms with van der Waals surface area (Å²) in [6, 6.07) is 3.78. The number of aliphatic carboxylic acids is 1. The van der Waals surface area contributed by atoms with Crippen molar-refractivity contribution in [3.8, 4) is 0 Å². The number of aliphatic hydroxyl groups is 1. The van der Waals surface area contributed by atoms with E-state index in [0.717, 1.165) is 4.88 Å². The molecule has 0 bridgehead atoms. The highest BCUT2D eigenvalue weighted by atomic mass is 32.2. The van der Waals surface area contributed by atoms with E-state index in [-0.39, 0.29) is 5.75 Å². The van der Waals surface area contributed by atoms with Crippen LogP contribution in [0.5, 0.6) is 0 Å². The predicted molar refractivity (Wildman–Crippen MR) is 58.9 cm³/mol. The van der Waals surface area contributed by atoms with Crippen LogP contribution < -0.4 is 0 Å². The Morgan fingerprint density at radius 1 is 1.64 bits per heavy atom. The third-order valence-corrected chi connectivity index (χ3v) is 3.58. The van der Waals surface area contributed by atoms with Gasteiger partial charge < -0.3 is 10.2 Å². The topological polar surface area (TPSA) is 57.5 Å². The van der Waals surface area contributed by atoms with Gasteiger partial charge in [-0.25, -0.2) is 0 Å². The fourth-order valence-electron chi connectivity index (χ4n) is 0.978. The number of hydrogen-bond donors (Lipinski definition) is 2. The van der Waals surface area contributed by atoms with Gasteiger partial charge in [0.1, 0.15) is 0 Å². The van der Waals surface area contributed by atoms with Crippen LogP contribution in [0.25, 0.3) is 0 Å². The Morgan fingerprint density at radius 2 is 2.43 bits per heavy atom. The molecule has 1 aromatic rings. The van der Waals surface area contributed by atoms with Gasteiger partial charge in [0.15, 0.2) is 0 Å². The van der Waals surface area contributed by atoms with Crippen molar-refractivity contribution in [2.75, 3.05) is 11.5 Å². The maximum Gasteiger partial charge on any atom is 0.313 e. The van der Waals surface area contributed by atoms with Gasteiger partial charge in [0.25, 0.3) is 0 Å². The molecule has 0 aromatic carbocycles. The van der Waals surface area contributed by atoms with Crippen LogP contribution >= 0.6 is 23.1 Å². The van der Waals surface area contributed by atoms with Crippen LogP contribution in [-0.2, 0) is 4.79 Å². The molecular formula is C9H12O3S2. The van der Waals surface area contributed by atoms with E-state index in [0.29, 0.717) is 12.2 Å². The highest BCUT2D eigenvalue weighted by molar-refractivity contribution is 7.99. The summed E-state index contributed by atoms with van der Waals surface area (Å²) in [5.74, 6) is -0.0247. The highest BCUT2D eigenvalue weighted by Crippen LogP contribution is 2.22. The molecule has 14 heavy (non-hydrogen) atoms. The van der Waals surface area contributed by atoms with Crippen LogP contribution in [-0.4, -0.2) is 27.7 Å². The summed E-state index contributed by atoms with van der Waals surface area (Å²) in [7, 11) is 0. The molecule has 2 N–H and O–H groups in total. The SMILES string of the molecule is O=C(O)CSCC[C@@H](O)c1cccs1. The molecule has 0 saturated carbocycles. The zero-order chi connectivity index (χ0) is 10.4. The molecule has 1 atom stereocenters. The van der Waals surface area contributed by atoms with Crippen molar-refractivity contribution in [1.82, 2.24) is 0 Å². The zero-order valence-electron chi connectivity index (χ0n) is 7.55. The number of aliphatic hydroxyl groups excluding tert-OH is 1. The molecule has 1 aromatic heterocycles. The quantitative estimate of drug-likeness (QED) is 0.736. The second-order valence-corrected chi connectivity index (χ2v) is 4.85. The van der Waals surface area contributed by atoms with E-state index in [1.54, 1.807) is 0 Å². The molecular weight excluding hydrogens is 220 g/mol. The van der Waals surface area contributed by atoms with E-state index in [2.05, 4.69) is 0 Å². The van der Waals surface area contributed by atoms with Crippen molar-refractivity contribution >= 4 is 29.1 Å². The van der Waals surface area contributed by atoms with Gasteiger partial charge in [0.05, 0.1) is 11.9 Å². The molecule has 1 heterocycles. The Labute approximate surface area is 90.8 Å². The summed E-state index contributed by atoms with van der Waals surface area (Å²) >= 11 is 2.85. The van der Waals surface area contributed by atoms with Gasteiger partial charge in [0, 0.05) is 4.88 Å². The molecule has 3 nitrogen and oxygen atoms in total. The number of carboxylic acids is 1.